The Morgan fingerprint density at radius 2 is 1.92 bits per heavy atom. The van der Waals surface area contributed by atoms with E-state index in [1.54, 1.807) is 0 Å². The molecule has 0 saturated carbocycles. The number of hydrogen-bond donors (Lipinski definition) is 1. The number of hydroxylamine groups is 1. The molecule has 0 heterocycles. The molecule has 0 bridgehead atoms. The minimum atomic E-state index is -3.41. The number of hydrogen-bond acceptors (Lipinski definition) is 3. The third-order valence-electron chi connectivity index (χ3n) is 1.51. The van der Waals surface area contributed by atoms with Crippen LogP contribution in [0.1, 0.15) is 26.7 Å². The third kappa shape index (κ3) is 5.51. The Morgan fingerprint density at radius 3 is 2.25 bits per heavy atom. The van der Waals surface area contributed by atoms with E-state index in [9.17, 15) is 8.42 Å². The molecular weight excluding hydrogens is 178 g/mol. The lowest BCUT2D eigenvalue weighted by Crippen LogP contribution is -2.27. The van der Waals surface area contributed by atoms with E-state index in [0.717, 1.165) is 12.7 Å². The van der Waals surface area contributed by atoms with Crippen molar-refractivity contribution in [3.63, 3.8) is 0 Å². The second kappa shape index (κ2) is 4.79. The zero-order valence-electron chi connectivity index (χ0n) is 7.82. The Morgan fingerprint density at radius 1 is 1.42 bits per heavy atom. The fourth-order valence-electron chi connectivity index (χ4n) is 0.801. The lowest BCUT2D eigenvalue weighted by Gasteiger charge is -2.12. The molecular formula is C7H17NO3S. The highest BCUT2D eigenvalue weighted by Crippen LogP contribution is 2.05. The van der Waals surface area contributed by atoms with E-state index in [1.807, 2.05) is 0 Å². The number of sulfonamides is 1. The van der Waals surface area contributed by atoms with Crippen LogP contribution in [0.2, 0.25) is 0 Å². The molecule has 4 nitrogen and oxygen atoms in total. The lowest BCUT2D eigenvalue weighted by molar-refractivity contribution is 0.00225. The molecule has 0 radical (unpaired) electrons. The lowest BCUT2D eigenvalue weighted by atomic mass is 10.1. The Labute approximate surface area is 74.2 Å². The van der Waals surface area contributed by atoms with Crippen molar-refractivity contribution in [3.8, 4) is 0 Å². The largest absolute Gasteiger partial charge is 0.299 e. The van der Waals surface area contributed by atoms with E-state index in [-0.39, 0.29) is 6.54 Å². The molecule has 0 atom stereocenters. The molecule has 0 saturated heterocycles. The standard InChI is InChI=1S/C7H17NO3S/c1-7(2)5-4-6-8(9)12(3,10)11/h7,9H,4-6H2,1-3H3. The van der Waals surface area contributed by atoms with E-state index in [2.05, 4.69) is 13.8 Å². The first kappa shape index (κ1) is 11.9. The van der Waals surface area contributed by atoms with E-state index >= 15 is 0 Å². The molecule has 12 heavy (non-hydrogen) atoms. The van der Waals surface area contributed by atoms with Crippen molar-refractivity contribution in [1.29, 1.82) is 0 Å². The van der Waals surface area contributed by atoms with Crippen LogP contribution in [-0.2, 0) is 10.0 Å². The summed E-state index contributed by atoms with van der Waals surface area (Å²) in [6, 6.07) is 0. The Hall–Kier alpha value is -0.130. The highest BCUT2D eigenvalue weighted by molar-refractivity contribution is 7.88. The average Bonchev–Trinajstić information content (AvgIpc) is 1.84. The minimum absolute atomic E-state index is 0.191. The van der Waals surface area contributed by atoms with Crippen LogP contribution in [0, 0.1) is 5.92 Å². The summed E-state index contributed by atoms with van der Waals surface area (Å²) in [5, 5.41) is 8.94. The summed E-state index contributed by atoms with van der Waals surface area (Å²) in [5.74, 6) is 0.540. The first-order chi connectivity index (χ1) is 5.34. The van der Waals surface area contributed by atoms with Crippen LogP contribution in [0.15, 0.2) is 0 Å². The maximum absolute atomic E-state index is 10.7. The fourth-order valence-corrected chi connectivity index (χ4v) is 1.26. The van der Waals surface area contributed by atoms with Gasteiger partial charge in [-0.15, -0.1) is 0 Å². The zero-order valence-corrected chi connectivity index (χ0v) is 8.63. The van der Waals surface area contributed by atoms with Gasteiger partial charge in [-0.1, -0.05) is 18.3 Å². The van der Waals surface area contributed by atoms with Gasteiger partial charge in [-0.05, 0) is 18.8 Å². The maximum atomic E-state index is 10.7. The quantitative estimate of drug-likeness (QED) is 0.668. The van der Waals surface area contributed by atoms with Crippen molar-refractivity contribution in [2.75, 3.05) is 12.8 Å². The molecule has 0 aromatic rings. The second-order valence-corrected chi connectivity index (χ2v) is 5.23. The second-order valence-electron chi connectivity index (χ2n) is 3.34. The van der Waals surface area contributed by atoms with Crippen LogP contribution in [0.3, 0.4) is 0 Å². The topological polar surface area (TPSA) is 57.6 Å². The van der Waals surface area contributed by atoms with Crippen LogP contribution in [0.4, 0.5) is 0 Å². The highest BCUT2D eigenvalue weighted by atomic mass is 32.2. The molecule has 0 rings (SSSR count). The van der Waals surface area contributed by atoms with Gasteiger partial charge in [-0.3, -0.25) is 5.21 Å². The molecule has 0 aromatic carbocycles. The van der Waals surface area contributed by atoms with E-state index in [0.29, 0.717) is 16.8 Å². The molecule has 0 unspecified atom stereocenters. The molecule has 1 N–H and O–H groups in total. The van der Waals surface area contributed by atoms with Crippen molar-refractivity contribution >= 4 is 10.0 Å². The van der Waals surface area contributed by atoms with Crippen molar-refractivity contribution in [2.24, 2.45) is 5.92 Å². The van der Waals surface area contributed by atoms with Crippen molar-refractivity contribution in [3.05, 3.63) is 0 Å². The highest BCUT2D eigenvalue weighted by Gasteiger charge is 2.12. The van der Waals surface area contributed by atoms with Crippen molar-refractivity contribution in [1.82, 2.24) is 4.47 Å². The van der Waals surface area contributed by atoms with Gasteiger partial charge in [0.1, 0.15) is 0 Å². The monoisotopic (exact) mass is 195 g/mol. The molecule has 5 heteroatoms. The van der Waals surface area contributed by atoms with Crippen LogP contribution in [0.5, 0.6) is 0 Å². The summed E-state index contributed by atoms with van der Waals surface area (Å²) in [7, 11) is -3.41. The Balaban J connectivity index is 3.66. The number of nitrogens with zero attached hydrogens (tertiary/aromatic N) is 1. The summed E-state index contributed by atoms with van der Waals surface area (Å²) in [6.07, 6.45) is 2.61. The minimum Gasteiger partial charge on any atom is -0.299 e. The average molecular weight is 195 g/mol. The van der Waals surface area contributed by atoms with Crippen molar-refractivity contribution in [2.45, 2.75) is 26.7 Å². The third-order valence-corrected chi connectivity index (χ3v) is 2.46. The first-order valence-corrected chi connectivity index (χ1v) is 5.85. The maximum Gasteiger partial charge on any atom is 0.232 e. The van der Waals surface area contributed by atoms with Crippen LogP contribution in [0.25, 0.3) is 0 Å². The summed E-state index contributed by atoms with van der Waals surface area (Å²) in [5.41, 5.74) is 0. The summed E-state index contributed by atoms with van der Waals surface area (Å²) < 4.78 is 21.8. The van der Waals surface area contributed by atoms with Gasteiger partial charge in [0.05, 0.1) is 6.26 Å². The smallest absolute Gasteiger partial charge is 0.232 e. The summed E-state index contributed by atoms with van der Waals surface area (Å²) in [4.78, 5) is 0. The van der Waals surface area contributed by atoms with Crippen LogP contribution in [-0.4, -0.2) is 30.9 Å². The van der Waals surface area contributed by atoms with Gasteiger partial charge in [0.2, 0.25) is 10.0 Å². The van der Waals surface area contributed by atoms with Gasteiger partial charge in [-0.25, -0.2) is 8.42 Å². The molecule has 74 valence electrons. The number of rotatable bonds is 5. The molecule has 0 aromatic heterocycles. The van der Waals surface area contributed by atoms with Gasteiger partial charge in [0, 0.05) is 6.54 Å². The van der Waals surface area contributed by atoms with E-state index in [1.165, 1.54) is 0 Å². The zero-order chi connectivity index (χ0) is 9.78. The van der Waals surface area contributed by atoms with Gasteiger partial charge < -0.3 is 0 Å². The molecule has 0 aliphatic carbocycles. The molecule has 0 aliphatic rings. The molecule has 0 fully saturated rings. The Bertz CT molecular complexity index is 211. The van der Waals surface area contributed by atoms with Gasteiger partial charge in [0.15, 0.2) is 0 Å². The predicted molar refractivity (Wildman–Crippen MR) is 47.4 cm³/mol. The van der Waals surface area contributed by atoms with Gasteiger partial charge in [-0.2, -0.15) is 0 Å². The van der Waals surface area contributed by atoms with Gasteiger partial charge in [0.25, 0.3) is 0 Å². The molecule has 0 aliphatic heterocycles. The molecule has 0 spiro atoms. The summed E-state index contributed by atoms with van der Waals surface area (Å²) >= 11 is 0. The predicted octanol–water partition coefficient (Wildman–Crippen LogP) is 1.07. The first-order valence-electron chi connectivity index (χ1n) is 4.00. The summed E-state index contributed by atoms with van der Waals surface area (Å²) in [6.45, 7) is 4.31. The van der Waals surface area contributed by atoms with Crippen LogP contribution < -0.4 is 0 Å². The van der Waals surface area contributed by atoms with E-state index in [4.69, 9.17) is 5.21 Å². The SMILES string of the molecule is CC(C)CCCN(O)S(C)(=O)=O. The van der Waals surface area contributed by atoms with Crippen molar-refractivity contribution < 1.29 is 13.6 Å². The van der Waals surface area contributed by atoms with Gasteiger partial charge >= 0.3 is 0 Å². The Kier molecular flexibility index (Phi) is 4.74. The van der Waals surface area contributed by atoms with E-state index < -0.39 is 10.0 Å². The fraction of sp³-hybridized carbons (Fsp3) is 1.00. The van der Waals surface area contributed by atoms with Crippen LogP contribution >= 0.6 is 0 Å². The normalized spacial score (nSPS) is 12.8. The molecule has 0 amide bonds.